The van der Waals surface area contributed by atoms with Crippen molar-refractivity contribution < 1.29 is 9.90 Å². The van der Waals surface area contributed by atoms with Crippen LogP contribution < -0.4 is 5.32 Å². The molecule has 16 heavy (non-hydrogen) atoms. The lowest BCUT2D eigenvalue weighted by Gasteiger charge is -2.35. The van der Waals surface area contributed by atoms with Crippen molar-refractivity contribution in [3.8, 4) is 0 Å². The van der Waals surface area contributed by atoms with E-state index in [9.17, 15) is 9.90 Å². The zero-order valence-corrected chi connectivity index (χ0v) is 11.2. The molecule has 1 unspecified atom stereocenters. The van der Waals surface area contributed by atoms with Gasteiger partial charge in [0.15, 0.2) is 0 Å². The topological polar surface area (TPSA) is 49.3 Å². The van der Waals surface area contributed by atoms with E-state index in [2.05, 4.69) is 33.0 Å². The van der Waals surface area contributed by atoms with Crippen LogP contribution in [0.15, 0.2) is 0 Å². The summed E-state index contributed by atoms with van der Waals surface area (Å²) in [5.74, 6) is -0.715. The van der Waals surface area contributed by atoms with Crippen LogP contribution in [0.25, 0.3) is 0 Å². The standard InChI is InChI=1S/C13H27NO2/c1-5-9-10-11(12(15)16)14-13(6-2,7-3)8-4/h11,14H,5-10H2,1-4H3,(H,15,16). The van der Waals surface area contributed by atoms with Gasteiger partial charge in [0.25, 0.3) is 0 Å². The van der Waals surface area contributed by atoms with Gasteiger partial charge in [0.2, 0.25) is 0 Å². The maximum absolute atomic E-state index is 11.2. The van der Waals surface area contributed by atoms with Gasteiger partial charge in [-0.05, 0) is 25.7 Å². The van der Waals surface area contributed by atoms with Gasteiger partial charge < -0.3 is 5.11 Å². The van der Waals surface area contributed by atoms with Crippen LogP contribution in [-0.2, 0) is 4.79 Å². The average molecular weight is 229 g/mol. The Morgan fingerprint density at radius 3 is 2.00 bits per heavy atom. The van der Waals surface area contributed by atoms with Crippen molar-refractivity contribution >= 4 is 5.97 Å². The summed E-state index contributed by atoms with van der Waals surface area (Å²) in [5, 5.41) is 12.5. The van der Waals surface area contributed by atoms with Crippen LogP contribution in [-0.4, -0.2) is 22.7 Å². The number of hydrogen-bond donors (Lipinski definition) is 2. The number of unbranched alkanes of at least 4 members (excludes halogenated alkanes) is 1. The first-order chi connectivity index (χ1) is 7.55. The number of carboxylic acid groups (broad SMARTS) is 1. The molecule has 1 atom stereocenters. The van der Waals surface area contributed by atoms with E-state index in [1.165, 1.54) is 0 Å². The zero-order valence-electron chi connectivity index (χ0n) is 11.2. The summed E-state index contributed by atoms with van der Waals surface area (Å²) >= 11 is 0. The van der Waals surface area contributed by atoms with E-state index >= 15 is 0 Å². The molecule has 3 nitrogen and oxygen atoms in total. The van der Waals surface area contributed by atoms with Crippen molar-refractivity contribution in [2.45, 2.75) is 77.8 Å². The second kappa shape index (κ2) is 7.66. The third-order valence-electron chi connectivity index (χ3n) is 3.66. The molecular formula is C13H27NO2. The van der Waals surface area contributed by atoms with Crippen LogP contribution >= 0.6 is 0 Å². The SMILES string of the molecule is CCCCC(NC(CC)(CC)CC)C(=O)O. The molecule has 0 aliphatic carbocycles. The van der Waals surface area contributed by atoms with Crippen molar-refractivity contribution in [3.05, 3.63) is 0 Å². The summed E-state index contributed by atoms with van der Waals surface area (Å²) in [6.07, 6.45) is 5.69. The summed E-state index contributed by atoms with van der Waals surface area (Å²) in [4.78, 5) is 11.2. The van der Waals surface area contributed by atoms with Crippen LogP contribution in [0.5, 0.6) is 0 Å². The summed E-state index contributed by atoms with van der Waals surface area (Å²) in [6, 6.07) is -0.389. The Bertz CT molecular complexity index is 192. The highest BCUT2D eigenvalue weighted by atomic mass is 16.4. The highest BCUT2D eigenvalue weighted by molar-refractivity contribution is 5.73. The molecule has 0 heterocycles. The van der Waals surface area contributed by atoms with Gasteiger partial charge in [0.05, 0.1) is 0 Å². The first kappa shape index (κ1) is 15.4. The molecule has 0 spiro atoms. The summed E-state index contributed by atoms with van der Waals surface area (Å²) in [7, 11) is 0. The number of rotatable bonds is 9. The summed E-state index contributed by atoms with van der Waals surface area (Å²) < 4.78 is 0. The molecule has 0 rings (SSSR count). The van der Waals surface area contributed by atoms with Gasteiger partial charge in [-0.3, -0.25) is 10.1 Å². The smallest absolute Gasteiger partial charge is 0.320 e. The minimum absolute atomic E-state index is 0.00318. The van der Waals surface area contributed by atoms with Crippen LogP contribution in [0.4, 0.5) is 0 Å². The number of hydrogen-bond acceptors (Lipinski definition) is 2. The number of aliphatic carboxylic acids is 1. The molecule has 0 amide bonds. The van der Waals surface area contributed by atoms with Gasteiger partial charge in [-0.15, -0.1) is 0 Å². The average Bonchev–Trinajstić information content (AvgIpc) is 2.30. The molecule has 0 aliphatic heterocycles. The second-order valence-corrected chi connectivity index (χ2v) is 4.52. The molecule has 0 saturated heterocycles. The maximum atomic E-state index is 11.2. The van der Waals surface area contributed by atoms with Gasteiger partial charge in [0, 0.05) is 5.54 Å². The maximum Gasteiger partial charge on any atom is 0.320 e. The van der Waals surface area contributed by atoms with E-state index in [0.717, 1.165) is 38.5 Å². The highest BCUT2D eigenvalue weighted by Gasteiger charge is 2.29. The Labute approximate surface area is 99.6 Å². The molecular weight excluding hydrogens is 202 g/mol. The lowest BCUT2D eigenvalue weighted by Crippen LogP contribution is -2.52. The van der Waals surface area contributed by atoms with Crippen molar-refractivity contribution in [2.75, 3.05) is 0 Å². The van der Waals surface area contributed by atoms with E-state index in [1.807, 2.05) is 0 Å². The molecule has 0 aromatic carbocycles. The predicted molar refractivity (Wildman–Crippen MR) is 67.7 cm³/mol. The summed E-state index contributed by atoms with van der Waals surface area (Å²) in [6.45, 7) is 8.46. The second-order valence-electron chi connectivity index (χ2n) is 4.52. The van der Waals surface area contributed by atoms with Gasteiger partial charge in [-0.1, -0.05) is 40.5 Å². The molecule has 0 aromatic heterocycles. The van der Waals surface area contributed by atoms with E-state index in [4.69, 9.17) is 0 Å². The van der Waals surface area contributed by atoms with E-state index in [-0.39, 0.29) is 11.6 Å². The Hall–Kier alpha value is -0.570. The Kier molecular flexibility index (Phi) is 7.39. The van der Waals surface area contributed by atoms with Crippen molar-refractivity contribution in [1.29, 1.82) is 0 Å². The van der Waals surface area contributed by atoms with Gasteiger partial charge >= 0.3 is 5.97 Å². The molecule has 0 fully saturated rings. The third kappa shape index (κ3) is 4.52. The number of carbonyl (C=O) groups is 1. The number of carboxylic acids is 1. The fourth-order valence-electron chi connectivity index (χ4n) is 2.09. The molecule has 0 aromatic rings. The largest absolute Gasteiger partial charge is 0.480 e. The lowest BCUT2D eigenvalue weighted by molar-refractivity contribution is -0.140. The zero-order chi connectivity index (χ0) is 12.6. The lowest BCUT2D eigenvalue weighted by atomic mass is 9.88. The molecule has 0 saturated carbocycles. The Morgan fingerprint density at radius 1 is 1.19 bits per heavy atom. The Balaban J connectivity index is 4.50. The minimum atomic E-state index is -0.715. The molecule has 3 heteroatoms. The fourth-order valence-corrected chi connectivity index (χ4v) is 2.09. The monoisotopic (exact) mass is 229 g/mol. The van der Waals surface area contributed by atoms with Crippen LogP contribution in [0.3, 0.4) is 0 Å². The van der Waals surface area contributed by atoms with E-state index < -0.39 is 5.97 Å². The molecule has 0 aliphatic rings. The molecule has 2 N–H and O–H groups in total. The van der Waals surface area contributed by atoms with Crippen LogP contribution in [0, 0.1) is 0 Å². The van der Waals surface area contributed by atoms with Gasteiger partial charge in [0.1, 0.15) is 6.04 Å². The van der Waals surface area contributed by atoms with Gasteiger partial charge in [-0.2, -0.15) is 0 Å². The number of nitrogens with one attached hydrogen (secondary N) is 1. The van der Waals surface area contributed by atoms with Crippen molar-refractivity contribution in [1.82, 2.24) is 5.32 Å². The minimum Gasteiger partial charge on any atom is -0.480 e. The molecule has 0 radical (unpaired) electrons. The predicted octanol–water partition coefficient (Wildman–Crippen LogP) is 3.19. The highest BCUT2D eigenvalue weighted by Crippen LogP contribution is 2.21. The fraction of sp³-hybridized carbons (Fsp3) is 0.923. The van der Waals surface area contributed by atoms with Crippen LogP contribution in [0.2, 0.25) is 0 Å². The quantitative estimate of drug-likeness (QED) is 0.638. The van der Waals surface area contributed by atoms with Gasteiger partial charge in [-0.25, -0.2) is 0 Å². The van der Waals surface area contributed by atoms with Crippen LogP contribution in [0.1, 0.15) is 66.2 Å². The van der Waals surface area contributed by atoms with E-state index in [0.29, 0.717) is 0 Å². The van der Waals surface area contributed by atoms with Crippen molar-refractivity contribution in [2.24, 2.45) is 0 Å². The van der Waals surface area contributed by atoms with E-state index in [1.54, 1.807) is 0 Å². The first-order valence-corrected chi connectivity index (χ1v) is 6.55. The van der Waals surface area contributed by atoms with Crippen molar-refractivity contribution in [3.63, 3.8) is 0 Å². The molecule has 96 valence electrons. The summed E-state index contributed by atoms with van der Waals surface area (Å²) in [5.41, 5.74) is -0.00318. The first-order valence-electron chi connectivity index (χ1n) is 6.55. The normalized spacial score (nSPS) is 13.8. The third-order valence-corrected chi connectivity index (χ3v) is 3.66. The molecule has 0 bridgehead atoms. The Morgan fingerprint density at radius 2 is 1.69 bits per heavy atom.